The van der Waals surface area contributed by atoms with E-state index < -0.39 is 15.8 Å². The van der Waals surface area contributed by atoms with E-state index >= 15 is 0 Å². The minimum atomic E-state index is -2.18. The highest BCUT2D eigenvalue weighted by molar-refractivity contribution is 7.81. The van der Waals surface area contributed by atoms with Gasteiger partial charge in [-0.05, 0) is 25.7 Å². The third-order valence-corrected chi connectivity index (χ3v) is 6.01. The molecule has 2 fully saturated rings. The fourth-order valence-corrected chi connectivity index (χ4v) is 4.48. The molecule has 0 bridgehead atoms. The molecule has 2 rings (SSSR count). The first-order valence-corrected chi connectivity index (χ1v) is 8.60. The monoisotopic (exact) mass is 298 g/mol. The van der Waals surface area contributed by atoms with Crippen LogP contribution in [-0.4, -0.2) is 29.8 Å². The van der Waals surface area contributed by atoms with Crippen LogP contribution in [0.15, 0.2) is 0 Å². The van der Waals surface area contributed by atoms with Gasteiger partial charge in [-0.2, -0.15) is 4.79 Å². The van der Waals surface area contributed by atoms with Crippen molar-refractivity contribution in [3.8, 4) is 0 Å². The van der Waals surface area contributed by atoms with E-state index in [1.165, 1.54) is 0 Å². The standard InChI is InChI=1S/C14H22N2O3S/c15-16-13(12(17)11-7-3-1-4-8-11)14(20(18)19)9-5-2-6-10-14/h11H,1-10H2,(H,18,19). The maximum Gasteiger partial charge on any atom is 0.355 e. The van der Waals surface area contributed by atoms with Crippen LogP contribution in [-0.2, 0) is 15.9 Å². The van der Waals surface area contributed by atoms with Crippen LogP contribution in [0, 0.1) is 5.92 Å². The Morgan fingerprint density at radius 3 is 2.15 bits per heavy atom. The third-order valence-electron chi connectivity index (χ3n) is 4.74. The molecule has 112 valence electrons. The SMILES string of the molecule is [N-]=[N+]=C(C(=O)C1CCCCC1)C1(S(=O)O)CCCCC1. The Hall–Kier alpha value is -0.840. The van der Waals surface area contributed by atoms with E-state index in [2.05, 4.69) is 4.79 Å². The van der Waals surface area contributed by atoms with Gasteiger partial charge in [0.15, 0.2) is 15.8 Å². The lowest BCUT2D eigenvalue weighted by Crippen LogP contribution is -2.50. The lowest BCUT2D eigenvalue weighted by atomic mass is 9.77. The fraction of sp³-hybridized carbons (Fsp3) is 0.857. The average Bonchev–Trinajstić information content (AvgIpc) is 2.49. The van der Waals surface area contributed by atoms with Crippen molar-refractivity contribution >= 4 is 22.6 Å². The highest BCUT2D eigenvalue weighted by atomic mass is 32.2. The molecule has 0 heterocycles. The molecule has 0 amide bonds. The predicted octanol–water partition coefficient (Wildman–Crippen LogP) is 2.73. The summed E-state index contributed by atoms with van der Waals surface area (Å²) in [5.41, 5.74) is 9.26. The summed E-state index contributed by atoms with van der Waals surface area (Å²) in [5, 5.41) is 0. The molecule has 2 saturated carbocycles. The van der Waals surface area contributed by atoms with Crippen molar-refractivity contribution in [2.45, 2.75) is 69.0 Å². The van der Waals surface area contributed by atoms with E-state index in [0.717, 1.165) is 51.4 Å². The molecule has 0 spiro atoms. The van der Waals surface area contributed by atoms with Crippen molar-refractivity contribution < 1.29 is 18.3 Å². The Labute approximate surface area is 122 Å². The molecule has 0 saturated heterocycles. The largest absolute Gasteiger partial charge is 0.361 e. The topological polar surface area (TPSA) is 90.8 Å². The number of hydrogen-bond donors (Lipinski definition) is 1. The van der Waals surface area contributed by atoms with Gasteiger partial charge < -0.3 is 10.1 Å². The Kier molecular flexibility index (Phi) is 5.24. The molecule has 0 aromatic heterocycles. The van der Waals surface area contributed by atoms with Gasteiger partial charge in [0.2, 0.25) is 5.78 Å². The number of ketones is 1. The first kappa shape index (κ1) is 15.5. The van der Waals surface area contributed by atoms with Gasteiger partial charge in [0.1, 0.15) is 0 Å². The molecule has 2 aliphatic carbocycles. The minimum Gasteiger partial charge on any atom is -0.361 e. The molecule has 0 aromatic carbocycles. The highest BCUT2D eigenvalue weighted by Gasteiger charge is 2.53. The smallest absolute Gasteiger partial charge is 0.355 e. The van der Waals surface area contributed by atoms with Gasteiger partial charge in [-0.3, -0.25) is 4.79 Å². The molecule has 2 aliphatic rings. The number of carbonyl (C=O) groups is 1. The minimum absolute atomic E-state index is 0.0510. The van der Waals surface area contributed by atoms with Crippen LogP contribution in [0.3, 0.4) is 0 Å². The zero-order chi connectivity index (χ0) is 14.6. The number of nitrogens with zero attached hydrogens (tertiary/aromatic N) is 2. The van der Waals surface area contributed by atoms with E-state index in [0.29, 0.717) is 12.8 Å². The molecule has 0 aliphatic heterocycles. The number of rotatable bonds is 4. The highest BCUT2D eigenvalue weighted by Crippen LogP contribution is 2.36. The van der Waals surface area contributed by atoms with E-state index in [-0.39, 0.29) is 17.4 Å². The van der Waals surface area contributed by atoms with Crippen LogP contribution in [0.1, 0.15) is 64.2 Å². The lowest BCUT2D eigenvalue weighted by Gasteiger charge is -2.30. The fourth-order valence-electron chi connectivity index (χ4n) is 3.54. The molecule has 5 nitrogen and oxygen atoms in total. The summed E-state index contributed by atoms with van der Waals surface area (Å²) >= 11 is -2.18. The summed E-state index contributed by atoms with van der Waals surface area (Å²) in [5.74, 6) is -0.353. The van der Waals surface area contributed by atoms with Crippen molar-refractivity contribution in [2.24, 2.45) is 5.92 Å². The molecule has 20 heavy (non-hydrogen) atoms. The van der Waals surface area contributed by atoms with Crippen molar-refractivity contribution in [1.29, 1.82) is 0 Å². The van der Waals surface area contributed by atoms with Crippen molar-refractivity contribution in [2.75, 3.05) is 0 Å². The van der Waals surface area contributed by atoms with Crippen LogP contribution < -0.4 is 0 Å². The average molecular weight is 298 g/mol. The molecular weight excluding hydrogens is 276 g/mol. The number of hydrogen-bond acceptors (Lipinski definition) is 2. The summed E-state index contributed by atoms with van der Waals surface area (Å²) in [4.78, 5) is 15.8. The zero-order valence-electron chi connectivity index (χ0n) is 11.7. The summed E-state index contributed by atoms with van der Waals surface area (Å²) in [6.07, 6.45) is 8.23. The normalized spacial score (nSPS) is 24.6. The van der Waals surface area contributed by atoms with E-state index in [9.17, 15) is 19.1 Å². The van der Waals surface area contributed by atoms with E-state index in [1.54, 1.807) is 0 Å². The maximum absolute atomic E-state index is 12.6. The van der Waals surface area contributed by atoms with Crippen LogP contribution >= 0.6 is 0 Å². The second-order valence-electron chi connectivity index (χ2n) is 5.95. The Bertz CT molecular complexity index is 445. The van der Waals surface area contributed by atoms with Crippen LogP contribution in [0.5, 0.6) is 0 Å². The van der Waals surface area contributed by atoms with Crippen LogP contribution in [0.25, 0.3) is 5.53 Å². The second kappa shape index (κ2) is 6.74. The lowest BCUT2D eigenvalue weighted by molar-refractivity contribution is -0.122. The van der Waals surface area contributed by atoms with Gasteiger partial charge in [-0.1, -0.05) is 38.5 Å². The predicted molar refractivity (Wildman–Crippen MR) is 76.8 cm³/mol. The zero-order valence-corrected chi connectivity index (χ0v) is 12.5. The number of Topliss-reactive ketones (excluding diaryl/α,β-unsaturated/α-hetero) is 1. The molecule has 1 N–H and O–H groups in total. The van der Waals surface area contributed by atoms with Crippen molar-refractivity contribution in [1.82, 2.24) is 0 Å². The van der Waals surface area contributed by atoms with Crippen molar-refractivity contribution in [3.05, 3.63) is 5.53 Å². The quantitative estimate of drug-likeness (QED) is 0.374. The van der Waals surface area contributed by atoms with Gasteiger partial charge in [0.05, 0.1) is 0 Å². The summed E-state index contributed by atoms with van der Waals surface area (Å²) in [6.45, 7) is 0. The maximum atomic E-state index is 12.6. The molecule has 1 unspecified atom stereocenters. The molecule has 0 radical (unpaired) electrons. The summed E-state index contributed by atoms with van der Waals surface area (Å²) in [7, 11) is 0. The summed E-state index contributed by atoms with van der Waals surface area (Å²) in [6, 6.07) is 0. The number of carbonyl (C=O) groups excluding carboxylic acids is 1. The van der Waals surface area contributed by atoms with Gasteiger partial charge in [0, 0.05) is 5.92 Å². The first-order valence-electron chi connectivity index (χ1n) is 7.49. The molecular formula is C14H22N2O3S. The van der Waals surface area contributed by atoms with Gasteiger partial charge in [0.25, 0.3) is 0 Å². The molecule has 0 aromatic rings. The van der Waals surface area contributed by atoms with Crippen LogP contribution in [0.4, 0.5) is 0 Å². The van der Waals surface area contributed by atoms with Crippen LogP contribution in [0.2, 0.25) is 0 Å². The second-order valence-corrected chi connectivity index (χ2v) is 7.23. The molecule has 1 atom stereocenters. The summed E-state index contributed by atoms with van der Waals surface area (Å²) < 4.78 is 20.4. The molecule has 6 heteroatoms. The van der Waals surface area contributed by atoms with E-state index in [1.807, 2.05) is 0 Å². The Balaban J connectivity index is 2.27. The van der Waals surface area contributed by atoms with Gasteiger partial charge in [-0.15, -0.1) is 0 Å². The van der Waals surface area contributed by atoms with E-state index in [4.69, 9.17) is 0 Å². The van der Waals surface area contributed by atoms with Crippen molar-refractivity contribution in [3.63, 3.8) is 0 Å². The Morgan fingerprint density at radius 2 is 1.65 bits per heavy atom. The Morgan fingerprint density at radius 1 is 1.10 bits per heavy atom. The van der Waals surface area contributed by atoms with Gasteiger partial charge in [-0.25, -0.2) is 4.21 Å². The van der Waals surface area contributed by atoms with Gasteiger partial charge >= 0.3 is 5.71 Å². The third kappa shape index (κ3) is 2.92. The first-order chi connectivity index (χ1) is 9.62.